The van der Waals surface area contributed by atoms with Crippen LogP contribution in [0.2, 0.25) is 0 Å². The maximum absolute atomic E-state index is 11.8. The lowest BCUT2D eigenvalue weighted by Gasteiger charge is -2.16. The molecule has 0 radical (unpaired) electrons. The molecule has 5 heteroatoms. The van der Waals surface area contributed by atoms with Crippen molar-refractivity contribution < 1.29 is 9.90 Å². The van der Waals surface area contributed by atoms with Crippen molar-refractivity contribution in [3.63, 3.8) is 0 Å². The molecule has 1 atom stereocenters. The summed E-state index contributed by atoms with van der Waals surface area (Å²) in [6.07, 6.45) is 3.55. The van der Waals surface area contributed by atoms with Crippen LogP contribution in [0.25, 0.3) is 0 Å². The topological polar surface area (TPSA) is 72.2 Å². The molecule has 2 rings (SSSR count). The fraction of sp³-hybridized carbons (Fsp3) is 0.267. The van der Waals surface area contributed by atoms with Crippen LogP contribution in [0.4, 0.5) is 4.79 Å². The Morgan fingerprint density at radius 3 is 2.75 bits per heavy atom. The standard InChI is InChI=1S/C15H16N2O3/c1-2-5-12(13-6-3-4-8-16-13)11-7-9-17(15(19)20)14(18)10-11/h3-4,6-10,12H,2,5H2,1H3,(H,19,20). The summed E-state index contributed by atoms with van der Waals surface area (Å²) in [6.45, 7) is 2.06. The van der Waals surface area contributed by atoms with Gasteiger partial charge < -0.3 is 5.11 Å². The minimum absolute atomic E-state index is 0.0114. The molecule has 0 aliphatic heterocycles. The molecule has 0 saturated carbocycles. The zero-order valence-corrected chi connectivity index (χ0v) is 11.2. The van der Waals surface area contributed by atoms with E-state index in [0.29, 0.717) is 4.57 Å². The number of nitrogens with zero attached hydrogens (tertiary/aromatic N) is 2. The van der Waals surface area contributed by atoms with Crippen molar-refractivity contribution in [1.29, 1.82) is 0 Å². The van der Waals surface area contributed by atoms with Gasteiger partial charge in [0.1, 0.15) is 0 Å². The molecule has 0 aliphatic carbocycles. The predicted molar refractivity (Wildman–Crippen MR) is 75.1 cm³/mol. The van der Waals surface area contributed by atoms with Crippen molar-refractivity contribution in [2.75, 3.05) is 0 Å². The molecule has 0 amide bonds. The van der Waals surface area contributed by atoms with E-state index in [1.807, 2.05) is 18.2 Å². The largest absolute Gasteiger partial charge is 0.464 e. The molecular weight excluding hydrogens is 256 g/mol. The monoisotopic (exact) mass is 272 g/mol. The number of hydrogen-bond donors (Lipinski definition) is 1. The lowest BCUT2D eigenvalue weighted by atomic mass is 9.91. The van der Waals surface area contributed by atoms with Gasteiger partial charge in [-0.3, -0.25) is 9.78 Å². The van der Waals surface area contributed by atoms with Crippen LogP contribution in [0.15, 0.2) is 47.5 Å². The average Bonchev–Trinajstić information content (AvgIpc) is 2.45. The highest BCUT2D eigenvalue weighted by atomic mass is 16.4. The van der Waals surface area contributed by atoms with Gasteiger partial charge in [0.25, 0.3) is 5.56 Å². The molecule has 0 fully saturated rings. The van der Waals surface area contributed by atoms with Crippen LogP contribution in [-0.2, 0) is 0 Å². The summed E-state index contributed by atoms with van der Waals surface area (Å²) in [5.41, 5.74) is 1.15. The maximum Gasteiger partial charge on any atom is 0.418 e. The Bertz CT molecular complexity index is 650. The van der Waals surface area contributed by atoms with Crippen LogP contribution in [0.3, 0.4) is 0 Å². The Morgan fingerprint density at radius 2 is 2.20 bits per heavy atom. The lowest BCUT2D eigenvalue weighted by Crippen LogP contribution is -2.25. The van der Waals surface area contributed by atoms with Gasteiger partial charge in [-0.15, -0.1) is 0 Å². The van der Waals surface area contributed by atoms with Gasteiger partial charge in [0.2, 0.25) is 0 Å². The first-order valence-electron chi connectivity index (χ1n) is 6.50. The third kappa shape index (κ3) is 2.93. The van der Waals surface area contributed by atoms with Gasteiger partial charge in [-0.2, -0.15) is 0 Å². The van der Waals surface area contributed by atoms with E-state index in [2.05, 4.69) is 11.9 Å². The molecule has 1 unspecified atom stereocenters. The molecule has 0 saturated heterocycles. The van der Waals surface area contributed by atoms with Crippen LogP contribution >= 0.6 is 0 Å². The quantitative estimate of drug-likeness (QED) is 0.928. The second-order valence-corrected chi connectivity index (χ2v) is 4.55. The highest BCUT2D eigenvalue weighted by Crippen LogP contribution is 2.26. The molecule has 2 heterocycles. The Hall–Kier alpha value is -2.43. The Labute approximate surface area is 116 Å². The molecular formula is C15H16N2O3. The Kier molecular flexibility index (Phi) is 4.30. The van der Waals surface area contributed by atoms with E-state index in [9.17, 15) is 9.59 Å². The van der Waals surface area contributed by atoms with E-state index in [1.165, 1.54) is 12.3 Å². The highest BCUT2D eigenvalue weighted by Gasteiger charge is 2.16. The minimum atomic E-state index is -1.27. The fourth-order valence-electron chi connectivity index (χ4n) is 2.23. The average molecular weight is 272 g/mol. The summed E-state index contributed by atoms with van der Waals surface area (Å²) >= 11 is 0. The number of aromatic nitrogens is 2. The fourth-order valence-corrected chi connectivity index (χ4v) is 2.23. The van der Waals surface area contributed by atoms with Crippen molar-refractivity contribution in [3.8, 4) is 0 Å². The molecule has 0 bridgehead atoms. The third-order valence-electron chi connectivity index (χ3n) is 3.17. The lowest BCUT2D eigenvalue weighted by molar-refractivity contribution is 0.195. The predicted octanol–water partition coefficient (Wildman–Crippen LogP) is 2.70. The zero-order valence-electron chi connectivity index (χ0n) is 11.2. The van der Waals surface area contributed by atoms with E-state index < -0.39 is 11.7 Å². The normalized spacial score (nSPS) is 12.1. The van der Waals surface area contributed by atoms with Crippen LogP contribution < -0.4 is 5.56 Å². The first-order valence-corrected chi connectivity index (χ1v) is 6.50. The highest BCUT2D eigenvalue weighted by molar-refractivity contribution is 5.67. The van der Waals surface area contributed by atoms with Crippen LogP contribution in [-0.4, -0.2) is 20.8 Å². The molecule has 5 nitrogen and oxygen atoms in total. The zero-order chi connectivity index (χ0) is 14.5. The number of carboxylic acid groups (broad SMARTS) is 1. The molecule has 0 spiro atoms. The molecule has 0 aliphatic rings. The van der Waals surface area contributed by atoms with Gasteiger partial charge in [-0.05, 0) is 30.2 Å². The molecule has 20 heavy (non-hydrogen) atoms. The second-order valence-electron chi connectivity index (χ2n) is 4.55. The van der Waals surface area contributed by atoms with E-state index in [4.69, 9.17) is 5.11 Å². The smallest absolute Gasteiger partial charge is 0.418 e. The Balaban J connectivity index is 2.43. The second kappa shape index (κ2) is 6.14. The maximum atomic E-state index is 11.8. The molecule has 1 N–H and O–H groups in total. The summed E-state index contributed by atoms with van der Waals surface area (Å²) in [4.78, 5) is 27.0. The Morgan fingerprint density at radius 1 is 1.40 bits per heavy atom. The summed E-state index contributed by atoms with van der Waals surface area (Å²) < 4.78 is 0.672. The van der Waals surface area contributed by atoms with Crippen LogP contribution in [0.1, 0.15) is 36.9 Å². The van der Waals surface area contributed by atoms with Crippen molar-refractivity contribution in [1.82, 2.24) is 9.55 Å². The number of carbonyl (C=O) groups is 1. The summed E-state index contributed by atoms with van der Waals surface area (Å²) in [5.74, 6) is 0.0114. The van der Waals surface area contributed by atoms with Crippen molar-refractivity contribution in [2.24, 2.45) is 0 Å². The number of pyridine rings is 2. The minimum Gasteiger partial charge on any atom is -0.464 e. The van der Waals surface area contributed by atoms with Crippen LogP contribution in [0, 0.1) is 0 Å². The van der Waals surface area contributed by atoms with Gasteiger partial charge in [-0.25, -0.2) is 9.36 Å². The van der Waals surface area contributed by atoms with E-state index in [1.54, 1.807) is 12.3 Å². The third-order valence-corrected chi connectivity index (χ3v) is 3.17. The summed E-state index contributed by atoms with van der Waals surface area (Å²) in [7, 11) is 0. The van der Waals surface area contributed by atoms with Crippen LogP contribution in [0.5, 0.6) is 0 Å². The van der Waals surface area contributed by atoms with Gasteiger partial charge in [0.15, 0.2) is 0 Å². The number of hydrogen-bond acceptors (Lipinski definition) is 3. The SMILES string of the molecule is CCCC(c1ccn(C(=O)O)c(=O)c1)c1ccccn1. The van der Waals surface area contributed by atoms with Gasteiger partial charge in [0.05, 0.1) is 0 Å². The van der Waals surface area contributed by atoms with E-state index >= 15 is 0 Å². The van der Waals surface area contributed by atoms with E-state index in [0.717, 1.165) is 24.1 Å². The first-order chi connectivity index (χ1) is 9.63. The van der Waals surface area contributed by atoms with Gasteiger partial charge >= 0.3 is 6.09 Å². The van der Waals surface area contributed by atoms with Crippen molar-refractivity contribution >= 4 is 6.09 Å². The molecule has 2 aromatic heterocycles. The summed E-state index contributed by atoms with van der Waals surface area (Å²) in [6, 6.07) is 8.72. The first kappa shape index (κ1) is 14.0. The summed E-state index contributed by atoms with van der Waals surface area (Å²) in [5, 5.41) is 8.87. The van der Waals surface area contributed by atoms with Crippen molar-refractivity contribution in [3.05, 3.63) is 64.3 Å². The number of rotatable bonds is 4. The van der Waals surface area contributed by atoms with Gasteiger partial charge in [0, 0.05) is 30.1 Å². The molecule has 0 aromatic carbocycles. The van der Waals surface area contributed by atoms with Gasteiger partial charge in [-0.1, -0.05) is 19.4 Å². The van der Waals surface area contributed by atoms with Crippen molar-refractivity contribution in [2.45, 2.75) is 25.7 Å². The van der Waals surface area contributed by atoms with E-state index in [-0.39, 0.29) is 5.92 Å². The molecule has 104 valence electrons. The molecule has 2 aromatic rings.